The molecule has 27 heavy (non-hydrogen) atoms. The first-order valence-corrected chi connectivity index (χ1v) is 10.4. The minimum Gasteiger partial charge on any atom is -0.356 e. The maximum Gasteiger partial charge on any atom is 0.220 e. The molecule has 3 rings (SSSR count). The Balaban J connectivity index is 1.49. The van der Waals surface area contributed by atoms with Gasteiger partial charge in [0.05, 0.1) is 0 Å². The Morgan fingerprint density at radius 3 is 1.96 bits per heavy atom. The molecule has 0 spiro atoms. The second kappa shape index (κ2) is 10.9. The number of hydrogen-bond acceptors (Lipinski definition) is 2. The molecule has 1 saturated heterocycles. The summed E-state index contributed by atoms with van der Waals surface area (Å²) in [5.41, 5.74) is 2.40. The third-order valence-electron chi connectivity index (χ3n) is 5.47. The van der Waals surface area contributed by atoms with E-state index >= 15 is 0 Å². The van der Waals surface area contributed by atoms with Gasteiger partial charge < -0.3 is 10.2 Å². The van der Waals surface area contributed by atoms with Gasteiger partial charge in [-0.1, -0.05) is 73.5 Å². The summed E-state index contributed by atoms with van der Waals surface area (Å²) in [7, 11) is 0. The zero-order valence-electron chi connectivity index (χ0n) is 16.3. The highest BCUT2D eigenvalue weighted by atomic mass is 16.1. The number of nitrogens with zero attached hydrogens (tertiary/aromatic N) is 1. The van der Waals surface area contributed by atoms with E-state index in [1.165, 1.54) is 49.9 Å². The van der Waals surface area contributed by atoms with Crippen molar-refractivity contribution >= 4 is 5.91 Å². The summed E-state index contributed by atoms with van der Waals surface area (Å²) in [4.78, 5) is 15.1. The normalized spacial score (nSPS) is 15.4. The van der Waals surface area contributed by atoms with Crippen molar-refractivity contribution in [3.63, 3.8) is 0 Å². The van der Waals surface area contributed by atoms with Crippen LogP contribution in [0.4, 0.5) is 0 Å². The number of carbonyl (C=O) groups excluding carboxylic acids is 1. The van der Waals surface area contributed by atoms with E-state index in [9.17, 15) is 4.79 Å². The molecule has 1 heterocycles. The molecule has 2 aromatic carbocycles. The SMILES string of the molecule is O=C(CC(c1ccccc1)c1ccccc1)NCCCN1CCCCCC1. The van der Waals surface area contributed by atoms with Crippen molar-refractivity contribution in [3.8, 4) is 0 Å². The molecule has 0 aliphatic carbocycles. The zero-order valence-corrected chi connectivity index (χ0v) is 16.3. The van der Waals surface area contributed by atoms with Gasteiger partial charge in [-0.2, -0.15) is 0 Å². The summed E-state index contributed by atoms with van der Waals surface area (Å²) in [6.45, 7) is 4.31. The number of carbonyl (C=O) groups is 1. The lowest BCUT2D eigenvalue weighted by Crippen LogP contribution is -2.31. The van der Waals surface area contributed by atoms with Gasteiger partial charge >= 0.3 is 0 Å². The van der Waals surface area contributed by atoms with Gasteiger partial charge in [0.2, 0.25) is 5.91 Å². The van der Waals surface area contributed by atoms with Crippen LogP contribution in [0.2, 0.25) is 0 Å². The summed E-state index contributed by atoms with van der Waals surface area (Å²) in [5, 5.41) is 3.14. The monoisotopic (exact) mass is 364 g/mol. The maximum absolute atomic E-state index is 12.6. The van der Waals surface area contributed by atoms with E-state index in [0.29, 0.717) is 6.42 Å². The molecule has 1 fully saturated rings. The topological polar surface area (TPSA) is 32.3 Å². The lowest BCUT2D eigenvalue weighted by Gasteiger charge is -2.20. The van der Waals surface area contributed by atoms with E-state index in [1.807, 2.05) is 36.4 Å². The Morgan fingerprint density at radius 2 is 1.41 bits per heavy atom. The highest BCUT2D eigenvalue weighted by Crippen LogP contribution is 2.27. The van der Waals surface area contributed by atoms with Crippen molar-refractivity contribution in [2.75, 3.05) is 26.2 Å². The van der Waals surface area contributed by atoms with E-state index < -0.39 is 0 Å². The van der Waals surface area contributed by atoms with Crippen LogP contribution in [-0.2, 0) is 4.79 Å². The van der Waals surface area contributed by atoms with E-state index in [4.69, 9.17) is 0 Å². The maximum atomic E-state index is 12.6. The summed E-state index contributed by atoms with van der Waals surface area (Å²) >= 11 is 0. The van der Waals surface area contributed by atoms with Gasteiger partial charge in [-0.15, -0.1) is 0 Å². The number of benzene rings is 2. The fourth-order valence-corrected chi connectivity index (χ4v) is 3.95. The van der Waals surface area contributed by atoms with E-state index in [2.05, 4.69) is 34.5 Å². The molecular weight excluding hydrogens is 332 g/mol. The second-order valence-corrected chi connectivity index (χ2v) is 7.54. The largest absolute Gasteiger partial charge is 0.356 e. The van der Waals surface area contributed by atoms with Crippen molar-refractivity contribution < 1.29 is 4.79 Å². The quantitative estimate of drug-likeness (QED) is 0.695. The Labute approximate surface area is 163 Å². The number of rotatable bonds is 8. The predicted molar refractivity (Wildman–Crippen MR) is 112 cm³/mol. The minimum absolute atomic E-state index is 0.109. The molecule has 1 amide bonds. The summed E-state index contributed by atoms with van der Waals surface area (Å²) in [5.74, 6) is 0.251. The number of likely N-dealkylation sites (tertiary alicyclic amines) is 1. The van der Waals surface area contributed by atoms with E-state index in [1.54, 1.807) is 0 Å². The molecule has 2 aromatic rings. The summed E-state index contributed by atoms with van der Waals surface area (Å²) in [6.07, 6.45) is 6.91. The highest BCUT2D eigenvalue weighted by Gasteiger charge is 2.18. The summed E-state index contributed by atoms with van der Waals surface area (Å²) < 4.78 is 0. The van der Waals surface area contributed by atoms with Crippen LogP contribution in [0.25, 0.3) is 0 Å². The van der Waals surface area contributed by atoms with Gasteiger partial charge in [0.15, 0.2) is 0 Å². The third-order valence-corrected chi connectivity index (χ3v) is 5.47. The predicted octanol–water partition coefficient (Wildman–Crippen LogP) is 4.59. The average Bonchev–Trinajstić information content (AvgIpc) is 3.00. The van der Waals surface area contributed by atoms with Gasteiger partial charge in [-0.25, -0.2) is 0 Å². The summed E-state index contributed by atoms with van der Waals surface area (Å²) in [6, 6.07) is 20.7. The van der Waals surface area contributed by atoms with Crippen LogP contribution in [0, 0.1) is 0 Å². The van der Waals surface area contributed by atoms with Crippen LogP contribution in [0.15, 0.2) is 60.7 Å². The number of amides is 1. The molecule has 3 heteroatoms. The van der Waals surface area contributed by atoms with E-state index in [0.717, 1.165) is 19.5 Å². The fourth-order valence-electron chi connectivity index (χ4n) is 3.95. The third kappa shape index (κ3) is 6.51. The standard InChI is InChI=1S/C24H32N2O/c27-24(25-16-11-19-26-17-9-1-2-10-18-26)20-23(21-12-5-3-6-13-21)22-14-7-4-8-15-22/h3-8,12-15,23H,1-2,9-11,16-20H2,(H,25,27). The minimum atomic E-state index is 0.109. The molecule has 0 aromatic heterocycles. The van der Waals surface area contributed by atoms with Crippen molar-refractivity contribution in [1.82, 2.24) is 10.2 Å². The molecule has 0 bridgehead atoms. The van der Waals surface area contributed by atoms with Crippen LogP contribution in [0.3, 0.4) is 0 Å². The molecule has 0 radical (unpaired) electrons. The first kappa shape index (κ1) is 19.6. The van der Waals surface area contributed by atoms with Gasteiger partial charge in [-0.05, 0) is 50.0 Å². The van der Waals surface area contributed by atoms with Crippen LogP contribution < -0.4 is 5.32 Å². The molecule has 0 atom stereocenters. The van der Waals surface area contributed by atoms with Crippen LogP contribution >= 0.6 is 0 Å². The molecule has 0 saturated carbocycles. The Kier molecular flexibility index (Phi) is 7.91. The number of nitrogens with one attached hydrogen (secondary N) is 1. The van der Waals surface area contributed by atoms with Crippen LogP contribution in [0.1, 0.15) is 55.6 Å². The molecule has 3 nitrogen and oxygen atoms in total. The lowest BCUT2D eigenvalue weighted by atomic mass is 9.88. The molecule has 0 unspecified atom stereocenters. The van der Waals surface area contributed by atoms with Crippen molar-refractivity contribution in [2.45, 2.75) is 44.4 Å². The molecular formula is C24H32N2O. The van der Waals surface area contributed by atoms with Gasteiger partial charge in [0, 0.05) is 18.9 Å². The Hall–Kier alpha value is -2.13. The second-order valence-electron chi connectivity index (χ2n) is 7.54. The highest BCUT2D eigenvalue weighted by molar-refractivity contribution is 5.77. The van der Waals surface area contributed by atoms with Gasteiger partial charge in [0.25, 0.3) is 0 Å². The molecule has 1 N–H and O–H groups in total. The average molecular weight is 365 g/mol. The Morgan fingerprint density at radius 1 is 0.852 bits per heavy atom. The van der Waals surface area contributed by atoms with Crippen molar-refractivity contribution in [3.05, 3.63) is 71.8 Å². The first-order valence-electron chi connectivity index (χ1n) is 10.4. The smallest absolute Gasteiger partial charge is 0.220 e. The van der Waals surface area contributed by atoms with Crippen molar-refractivity contribution in [1.29, 1.82) is 0 Å². The molecule has 1 aliphatic heterocycles. The Bertz CT molecular complexity index is 624. The first-order chi connectivity index (χ1) is 13.3. The van der Waals surface area contributed by atoms with Gasteiger partial charge in [-0.3, -0.25) is 4.79 Å². The van der Waals surface area contributed by atoms with Crippen LogP contribution in [0.5, 0.6) is 0 Å². The van der Waals surface area contributed by atoms with Crippen molar-refractivity contribution in [2.24, 2.45) is 0 Å². The lowest BCUT2D eigenvalue weighted by molar-refractivity contribution is -0.121. The van der Waals surface area contributed by atoms with Gasteiger partial charge in [0.1, 0.15) is 0 Å². The molecule has 144 valence electrons. The number of hydrogen-bond donors (Lipinski definition) is 1. The zero-order chi connectivity index (χ0) is 18.7. The fraction of sp³-hybridized carbons (Fsp3) is 0.458. The van der Waals surface area contributed by atoms with Crippen LogP contribution in [-0.4, -0.2) is 37.0 Å². The van der Waals surface area contributed by atoms with E-state index in [-0.39, 0.29) is 11.8 Å². The molecule has 1 aliphatic rings.